The predicted molar refractivity (Wildman–Crippen MR) is 149 cm³/mol. The van der Waals surface area contributed by atoms with Crippen LogP contribution in [-0.4, -0.2) is 35.7 Å². The number of furan rings is 1. The minimum atomic E-state index is -0.182. The SMILES string of the molecule is CCOc1ccc(CCN2C(=O)/C(=C\c3ccc(COc4ccc5c(c4)CCC5)o3)NC2=S)cc1OCC. The smallest absolute Gasteiger partial charge is 0.276 e. The molecule has 0 radical (unpaired) electrons. The Bertz CT molecular complexity index is 1360. The average Bonchev–Trinajstić information content (AvgIpc) is 3.63. The van der Waals surface area contributed by atoms with Gasteiger partial charge in [-0.2, -0.15) is 0 Å². The van der Waals surface area contributed by atoms with E-state index < -0.39 is 0 Å². The molecule has 7 nitrogen and oxygen atoms in total. The van der Waals surface area contributed by atoms with Gasteiger partial charge in [-0.15, -0.1) is 0 Å². The van der Waals surface area contributed by atoms with E-state index in [9.17, 15) is 4.79 Å². The number of thiocarbonyl (C=S) groups is 1. The molecule has 0 unspecified atom stereocenters. The molecule has 0 bridgehead atoms. The van der Waals surface area contributed by atoms with Gasteiger partial charge in [0, 0.05) is 12.6 Å². The molecule has 2 heterocycles. The van der Waals surface area contributed by atoms with Crippen molar-refractivity contribution in [2.45, 2.75) is 46.1 Å². The maximum Gasteiger partial charge on any atom is 0.276 e. The summed E-state index contributed by atoms with van der Waals surface area (Å²) in [4.78, 5) is 14.6. The highest BCUT2D eigenvalue weighted by molar-refractivity contribution is 7.80. The third-order valence-corrected chi connectivity index (χ3v) is 6.94. The maximum absolute atomic E-state index is 13.1. The van der Waals surface area contributed by atoms with E-state index in [0.717, 1.165) is 24.2 Å². The van der Waals surface area contributed by atoms with Crippen LogP contribution in [0.3, 0.4) is 0 Å². The van der Waals surface area contributed by atoms with E-state index in [2.05, 4.69) is 17.4 Å². The minimum absolute atomic E-state index is 0.182. The van der Waals surface area contributed by atoms with E-state index in [4.69, 9.17) is 30.8 Å². The molecule has 3 aromatic rings. The number of fused-ring (bicyclic) bond motifs is 1. The lowest BCUT2D eigenvalue weighted by Gasteiger charge is -2.15. The van der Waals surface area contributed by atoms with Crippen LogP contribution in [0.5, 0.6) is 17.2 Å². The van der Waals surface area contributed by atoms with Gasteiger partial charge in [-0.1, -0.05) is 12.1 Å². The topological polar surface area (TPSA) is 73.2 Å². The number of carbonyl (C=O) groups is 1. The number of nitrogens with zero attached hydrogens (tertiary/aromatic N) is 1. The Morgan fingerprint density at radius 2 is 1.79 bits per heavy atom. The molecule has 1 N–H and O–H groups in total. The van der Waals surface area contributed by atoms with Crippen LogP contribution in [0, 0.1) is 0 Å². The van der Waals surface area contributed by atoms with Crippen molar-refractivity contribution in [1.82, 2.24) is 10.2 Å². The molecule has 0 atom stereocenters. The molecule has 198 valence electrons. The molecule has 2 aromatic carbocycles. The summed E-state index contributed by atoms with van der Waals surface area (Å²) >= 11 is 5.44. The Kier molecular flexibility index (Phi) is 7.98. The monoisotopic (exact) mass is 532 g/mol. The van der Waals surface area contributed by atoms with Gasteiger partial charge < -0.3 is 23.9 Å². The average molecular weight is 533 g/mol. The number of nitrogens with one attached hydrogen (secondary N) is 1. The lowest BCUT2D eigenvalue weighted by Crippen LogP contribution is -2.32. The van der Waals surface area contributed by atoms with Crippen molar-refractivity contribution in [3.05, 3.63) is 82.4 Å². The standard InChI is InChI=1S/C30H32N2O5S/c1-3-34-27-13-8-20(16-28(27)35-4-2)14-15-32-29(33)26(31-30(32)38)18-24-11-12-25(37-24)19-36-23-10-9-21-6-5-7-22(21)17-23/h8-13,16-18H,3-7,14-15,19H2,1-2H3,(H,31,38)/b26-18+. The molecule has 8 heteroatoms. The normalized spacial score (nSPS) is 15.6. The van der Waals surface area contributed by atoms with Crippen LogP contribution < -0.4 is 19.5 Å². The van der Waals surface area contributed by atoms with Gasteiger partial charge in [0.25, 0.3) is 5.91 Å². The van der Waals surface area contributed by atoms with Gasteiger partial charge in [0.2, 0.25) is 0 Å². The highest BCUT2D eigenvalue weighted by atomic mass is 32.1. The first-order chi connectivity index (χ1) is 18.5. The Hall–Kier alpha value is -3.78. The van der Waals surface area contributed by atoms with Crippen LogP contribution in [-0.2, 0) is 30.7 Å². The fraction of sp³-hybridized carbons (Fsp3) is 0.333. The minimum Gasteiger partial charge on any atom is -0.490 e. The fourth-order valence-corrected chi connectivity index (χ4v) is 5.04. The van der Waals surface area contributed by atoms with E-state index in [-0.39, 0.29) is 5.91 Å². The summed E-state index contributed by atoms with van der Waals surface area (Å²) in [5, 5.41) is 3.40. The third kappa shape index (κ3) is 5.86. The Labute approximate surface area is 228 Å². The van der Waals surface area contributed by atoms with Crippen molar-refractivity contribution < 1.29 is 23.4 Å². The Morgan fingerprint density at radius 3 is 2.63 bits per heavy atom. The van der Waals surface area contributed by atoms with E-state index in [0.29, 0.717) is 66.6 Å². The molecular weight excluding hydrogens is 500 g/mol. The van der Waals surface area contributed by atoms with Gasteiger partial charge in [0.15, 0.2) is 16.6 Å². The molecular formula is C30H32N2O5S. The summed E-state index contributed by atoms with van der Waals surface area (Å²) in [6, 6.07) is 15.8. The number of hydrogen-bond donors (Lipinski definition) is 1. The number of benzene rings is 2. The van der Waals surface area contributed by atoms with Crippen molar-refractivity contribution in [3.63, 3.8) is 0 Å². The van der Waals surface area contributed by atoms with Crippen molar-refractivity contribution >= 4 is 29.3 Å². The zero-order valence-electron chi connectivity index (χ0n) is 21.7. The van der Waals surface area contributed by atoms with Gasteiger partial charge in [-0.05, 0) is 105 Å². The molecule has 2 aliphatic rings. The number of rotatable bonds is 11. The number of ether oxygens (including phenoxy) is 3. The van der Waals surface area contributed by atoms with Crippen LogP contribution in [0.15, 0.2) is 58.6 Å². The Morgan fingerprint density at radius 1 is 0.974 bits per heavy atom. The quantitative estimate of drug-likeness (QED) is 0.260. The molecule has 0 saturated carbocycles. The summed E-state index contributed by atoms with van der Waals surface area (Å²) in [7, 11) is 0. The van der Waals surface area contributed by atoms with Gasteiger partial charge in [0.05, 0.1) is 13.2 Å². The zero-order valence-corrected chi connectivity index (χ0v) is 22.6. The number of amides is 1. The molecule has 1 aliphatic heterocycles. The maximum atomic E-state index is 13.1. The first kappa shape index (κ1) is 25.9. The molecule has 38 heavy (non-hydrogen) atoms. The third-order valence-electron chi connectivity index (χ3n) is 6.61. The van der Waals surface area contributed by atoms with Gasteiger partial charge in [-0.25, -0.2) is 0 Å². The molecule has 1 amide bonds. The van der Waals surface area contributed by atoms with E-state index >= 15 is 0 Å². The molecule has 0 spiro atoms. The molecule has 5 rings (SSSR count). The van der Waals surface area contributed by atoms with Crippen LogP contribution >= 0.6 is 12.2 Å². The van der Waals surface area contributed by atoms with Crippen molar-refractivity contribution in [2.75, 3.05) is 19.8 Å². The largest absolute Gasteiger partial charge is 0.490 e. The van der Waals surface area contributed by atoms with Crippen molar-refractivity contribution in [1.29, 1.82) is 0 Å². The summed E-state index contributed by atoms with van der Waals surface area (Å²) in [6.45, 7) is 5.75. The molecule has 1 saturated heterocycles. The van der Waals surface area contributed by atoms with Gasteiger partial charge in [-0.3, -0.25) is 9.69 Å². The first-order valence-electron chi connectivity index (χ1n) is 13.1. The van der Waals surface area contributed by atoms with Crippen LogP contribution in [0.2, 0.25) is 0 Å². The summed E-state index contributed by atoms with van der Waals surface area (Å²) in [6.07, 6.45) is 5.77. The van der Waals surface area contributed by atoms with Crippen LogP contribution in [0.4, 0.5) is 0 Å². The van der Waals surface area contributed by atoms with Crippen LogP contribution in [0.25, 0.3) is 6.08 Å². The molecule has 1 fully saturated rings. The lowest BCUT2D eigenvalue weighted by molar-refractivity contribution is -0.122. The second kappa shape index (κ2) is 11.7. The summed E-state index contributed by atoms with van der Waals surface area (Å²) in [5.74, 6) is 3.33. The van der Waals surface area contributed by atoms with Gasteiger partial charge in [0.1, 0.15) is 29.6 Å². The number of hydrogen-bond acceptors (Lipinski definition) is 6. The Balaban J connectivity index is 1.18. The van der Waals surface area contributed by atoms with E-state index in [1.54, 1.807) is 11.0 Å². The van der Waals surface area contributed by atoms with Crippen LogP contribution in [0.1, 0.15) is 48.5 Å². The fourth-order valence-electron chi connectivity index (χ4n) is 4.75. The number of aryl methyl sites for hydroxylation is 2. The summed E-state index contributed by atoms with van der Waals surface area (Å²) in [5.41, 5.74) is 4.21. The predicted octanol–water partition coefficient (Wildman–Crippen LogP) is 5.45. The van der Waals surface area contributed by atoms with Crippen molar-refractivity contribution in [2.24, 2.45) is 0 Å². The molecule has 1 aromatic heterocycles. The zero-order chi connectivity index (χ0) is 26.5. The lowest BCUT2D eigenvalue weighted by atomic mass is 10.1. The first-order valence-corrected chi connectivity index (χ1v) is 13.5. The second-order valence-corrected chi connectivity index (χ2v) is 9.61. The van der Waals surface area contributed by atoms with Gasteiger partial charge >= 0.3 is 0 Å². The summed E-state index contributed by atoms with van der Waals surface area (Å²) < 4.78 is 23.2. The molecule has 1 aliphatic carbocycles. The highest BCUT2D eigenvalue weighted by Gasteiger charge is 2.30. The highest BCUT2D eigenvalue weighted by Crippen LogP contribution is 2.29. The van der Waals surface area contributed by atoms with Crippen molar-refractivity contribution in [3.8, 4) is 17.2 Å². The number of carbonyl (C=O) groups excluding carboxylic acids is 1. The second-order valence-electron chi connectivity index (χ2n) is 9.22. The van der Waals surface area contributed by atoms with E-state index in [1.807, 2.05) is 50.2 Å². The van der Waals surface area contributed by atoms with E-state index in [1.165, 1.54) is 17.5 Å².